The quantitative estimate of drug-likeness (QED) is 0.618. The van der Waals surface area contributed by atoms with E-state index < -0.39 is 0 Å². The Morgan fingerprint density at radius 1 is 1.18 bits per heavy atom. The second-order valence-electron chi connectivity index (χ2n) is 6.68. The van der Waals surface area contributed by atoms with Crippen molar-refractivity contribution in [2.24, 2.45) is 0 Å². The predicted molar refractivity (Wildman–Crippen MR) is 117 cm³/mol. The smallest absolute Gasteiger partial charge is 0.261 e. The summed E-state index contributed by atoms with van der Waals surface area (Å²) in [5.74, 6) is 0.743. The fraction of sp³-hybridized carbons (Fsp3) is 0.227. The lowest BCUT2D eigenvalue weighted by Gasteiger charge is -2.33. The molecule has 0 bridgehead atoms. The molecule has 4 rings (SSSR count). The Labute approximate surface area is 173 Å². The van der Waals surface area contributed by atoms with Crippen LogP contribution in [0, 0.1) is 0 Å². The third kappa shape index (κ3) is 4.03. The van der Waals surface area contributed by atoms with Crippen LogP contribution in [0.15, 0.2) is 65.6 Å². The van der Waals surface area contributed by atoms with Gasteiger partial charge in [-0.25, -0.2) is 0 Å². The highest BCUT2D eigenvalue weighted by Gasteiger charge is 2.24. The van der Waals surface area contributed by atoms with Crippen molar-refractivity contribution in [2.75, 3.05) is 18.6 Å². The van der Waals surface area contributed by atoms with Crippen LogP contribution in [0.2, 0.25) is 0 Å². The molecular weight excluding hydrogens is 388 g/mol. The molecule has 1 aromatic heterocycles. The van der Waals surface area contributed by atoms with E-state index in [1.165, 1.54) is 21.9 Å². The minimum atomic E-state index is -0.0493. The zero-order valence-corrected chi connectivity index (χ0v) is 17.5. The van der Waals surface area contributed by atoms with Gasteiger partial charge in [0.15, 0.2) is 0 Å². The van der Waals surface area contributed by atoms with Gasteiger partial charge >= 0.3 is 0 Å². The van der Waals surface area contributed by atoms with Gasteiger partial charge in [-0.2, -0.15) is 0 Å². The SMILES string of the molecule is COc1cccc(CNC(=O)c2ccc(N3C[C@H](C)Sc4ccccc43)s2)c1. The Morgan fingerprint density at radius 2 is 2.04 bits per heavy atom. The molecule has 2 heterocycles. The topological polar surface area (TPSA) is 41.6 Å². The number of carbonyl (C=O) groups excluding carboxylic acids is 1. The number of benzene rings is 2. The molecule has 0 saturated carbocycles. The molecule has 1 N–H and O–H groups in total. The Morgan fingerprint density at radius 3 is 2.89 bits per heavy atom. The van der Waals surface area contributed by atoms with Crippen LogP contribution in [-0.4, -0.2) is 24.8 Å². The zero-order chi connectivity index (χ0) is 19.5. The molecule has 0 spiro atoms. The van der Waals surface area contributed by atoms with E-state index in [4.69, 9.17) is 4.74 Å². The van der Waals surface area contributed by atoms with Crippen molar-refractivity contribution in [1.29, 1.82) is 0 Å². The average Bonchev–Trinajstić information content (AvgIpc) is 3.21. The van der Waals surface area contributed by atoms with Crippen molar-refractivity contribution in [2.45, 2.75) is 23.6 Å². The molecule has 1 amide bonds. The first-order chi connectivity index (χ1) is 13.6. The summed E-state index contributed by atoms with van der Waals surface area (Å²) in [6, 6.07) is 20.2. The molecule has 0 fully saturated rings. The van der Waals surface area contributed by atoms with Crippen molar-refractivity contribution in [3.8, 4) is 5.75 Å². The van der Waals surface area contributed by atoms with E-state index >= 15 is 0 Å². The highest BCUT2D eigenvalue weighted by atomic mass is 32.2. The summed E-state index contributed by atoms with van der Waals surface area (Å²) in [6.45, 7) is 3.65. The van der Waals surface area contributed by atoms with Crippen molar-refractivity contribution >= 4 is 39.7 Å². The van der Waals surface area contributed by atoms with Gasteiger partial charge in [-0.1, -0.05) is 31.2 Å². The molecule has 0 radical (unpaired) electrons. The molecule has 0 aliphatic carbocycles. The minimum Gasteiger partial charge on any atom is -0.497 e. The molecular formula is C22H22N2O2S2. The van der Waals surface area contributed by atoms with Crippen LogP contribution in [-0.2, 0) is 6.54 Å². The van der Waals surface area contributed by atoms with Crippen LogP contribution in [0.5, 0.6) is 5.75 Å². The molecule has 6 heteroatoms. The van der Waals surface area contributed by atoms with Gasteiger partial charge in [0.05, 0.1) is 22.7 Å². The van der Waals surface area contributed by atoms with Gasteiger partial charge in [-0.05, 0) is 42.0 Å². The largest absolute Gasteiger partial charge is 0.497 e. The standard InChI is InChI=1S/C22H22N2O2S2/c1-15-14-24(18-8-3-4-9-19(18)27-15)21-11-10-20(28-21)22(25)23-13-16-6-5-7-17(12-16)26-2/h3-12,15H,13-14H2,1-2H3,(H,23,25)/t15-/m0/s1. The number of ether oxygens (including phenoxy) is 1. The number of carbonyl (C=O) groups is 1. The molecule has 3 aromatic rings. The van der Waals surface area contributed by atoms with Crippen LogP contribution >= 0.6 is 23.1 Å². The average molecular weight is 411 g/mol. The molecule has 1 aliphatic rings. The van der Waals surface area contributed by atoms with Gasteiger partial charge in [0.2, 0.25) is 0 Å². The second kappa shape index (κ2) is 8.29. The third-order valence-electron chi connectivity index (χ3n) is 4.59. The number of amides is 1. The van der Waals surface area contributed by atoms with Crippen molar-refractivity contribution < 1.29 is 9.53 Å². The molecule has 1 aliphatic heterocycles. The number of nitrogens with one attached hydrogen (secondary N) is 1. The number of nitrogens with zero attached hydrogens (tertiary/aromatic N) is 1. The van der Waals surface area contributed by atoms with E-state index in [0.717, 1.165) is 27.7 Å². The Kier molecular flexibility index (Phi) is 5.59. The first-order valence-electron chi connectivity index (χ1n) is 9.18. The summed E-state index contributed by atoms with van der Waals surface area (Å²) < 4.78 is 5.24. The summed E-state index contributed by atoms with van der Waals surface area (Å²) in [7, 11) is 1.64. The number of thioether (sulfide) groups is 1. The maximum atomic E-state index is 12.6. The van der Waals surface area contributed by atoms with E-state index in [2.05, 4.69) is 41.4 Å². The number of hydrogen-bond donors (Lipinski definition) is 1. The Balaban J connectivity index is 1.47. The fourth-order valence-electron chi connectivity index (χ4n) is 3.24. The van der Waals surface area contributed by atoms with E-state index in [0.29, 0.717) is 11.8 Å². The van der Waals surface area contributed by atoms with Crippen molar-refractivity contribution in [1.82, 2.24) is 5.32 Å². The van der Waals surface area contributed by atoms with E-state index in [-0.39, 0.29) is 5.91 Å². The van der Waals surface area contributed by atoms with Gasteiger partial charge in [-0.3, -0.25) is 4.79 Å². The van der Waals surface area contributed by atoms with Gasteiger partial charge in [0.1, 0.15) is 5.75 Å². The van der Waals surface area contributed by atoms with Gasteiger partial charge in [0.25, 0.3) is 5.91 Å². The normalized spacial score (nSPS) is 15.8. The van der Waals surface area contributed by atoms with Crippen LogP contribution in [0.4, 0.5) is 10.7 Å². The monoisotopic (exact) mass is 410 g/mol. The third-order valence-corrected chi connectivity index (χ3v) is 6.85. The second-order valence-corrected chi connectivity index (χ2v) is 9.22. The Bertz CT molecular complexity index is 986. The molecule has 4 nitrogen and oxygen atoms in total. The first kappa shape index (κ1) is 18.9. The first-order valence-corrected chi connectivity index (χ1v) is 10.9. The lowest BCUT2D eigenvalue weighted by Crippen LogP contribution is -2.28. The molecule has 2 aromatic carbocycles. The number of methoxy groups -OCH3 is 1. The van der Waals surface area contributed by atoms with Crippen LogP contribution < -0.4 is 15.0 Å². The summed E-state index contributed by atoms with van der Waals surface area (Å²) in [6.07, 6.45) is 0. The number of hydrogen-bond acceptors (Lipinski definition) is 5. The number of anilines is 2. The number of para-hydroxylation sites is 1. The van der Waals surface area contributed by atoms with Crippen LogP contribution in [0.25, 0.3) is 0 Å². The highest BCUT2D eigenvalue weighted by molar-refractivity contribution is 8.00. The summed E-state index contributed by atoms with van der Waals surface area (Å²) in [5, 5.41) is 4.61. The van der Waals surface area contributed by atoms with Crippen LogP contribution in [0.1, 0.15) is 22.2 Å². The Hall–Kier alpha value is -2.44. The van der Waals surface area contributed by atoms with E-state index in [1.54, 1.807) is 7.11 Å². The van der Waals surface area contributed by atoms with Crippen LogP contribution in [0.3, 0.4) is 0 Å². The number of thiophene rings is 1. The minimum absolute atomic E-state index is 0.0493. The lowest BCUT2D eigenvalue weighted by atomic mass is 10.2. The van der Waals surface area contributed by atoms with E-state index in [1.807, 2.05) is 48.2 Å². The van der Waals surface area contributed by atoms with Gasteiger partial charge in [-0.15, -0.1) is 23.1 Å². The fourth-order valence-corrected chi connectivity index (χ4v) is 5.30. The van der Waals surface area contributed by atoms with Crippen molar-refractivity contribution in [3.63, 3.8) is 0 Å². The van der Waals surface area contributed by atoms with Gasteiger partial charge < -0.3 is 15.0 Å². The maximum absolute atomic E-state index is 12.6. The maximum Gasteiger partial charge on any atom is 0.261 e. The number of fused-ring (bicyclic) bond motifs is 1. The highest BCUT2D eigenvalue weighted by Crippen LogP contribution is 2.43. The molecule has 28 heavy (non-hydrogen) atoms. The zero-order valence-electron chi connectivity index (χ0n) is 15.8. The molecule has 0 saturated heterocycles. The number of rotatable bonds is 5. The van der Waals surface area contributed by atoms with Gasteiger partial charge in [0, 0.05) is 23.2 Å². The molecule has 0 unspecified atom stereocenters. The summed E-state index contributed by atoms with van der Waals surface area (Å²) in [4.78, 5) is 17.0. The molecule has 1 atom stereocenters. The summed E-state index contributed by atoms with van der Waals surface area (Å²) >= 11 is 3.44. The van der Waals surface area contributed by atoms with E-state index in [9.17, 15) is 4.79 Å². The summed E-state index contributed by atoms with van der Waals surface area (Å²) in [5.41, 5.74) is 2.23. The lowest BCUT2D eigenvalue weighted by molar-refractivity contribution is 0.0955. The van der Waals surface area contributed by atoms with Crippen molar-refractivity contribution in [3.05, 3.63) is 71.1 Å². The molecule has 144 valence electrons. The predicted octanol–water partition coefficient (Wildman–Crippen LogP) is 5.32.